The summed E-state index contributed by atoms with van der Waals surface area (Å²) in [4.78, 5) is 7.35. The maximum Gasteiger partial charge on any atom is 0.191 e. The molecule has 2 rings (SSSR count). The van der Waals surface area contributed by atoms with Gasteiger partial charge in [-0.25, -0.2) is 0 Å². The molecule has 0 radical (unpaired) electrons. The fraction of sp³-hybridized carbons (Fsp3) is 0.789. The minimum Gasteiger partial charge on any atom is -0.357 e. The fourth-order valence-electron chi connectivity index (χ4n) is 3.56. The Kier molecular flexibility index (Phi) is 8.80. The normalized spacial score (nSPS) is 19.2. The SMILES string of the molecule is CCNC(=NCCCc1cn[nH]c1C)NCCN1CCCCC1CC. The molecule has 0 amide bonds. The van der Waals surface area contributed by atoms with Gasteiger partial charge in [-0.2, -0.15) is 5.10 Å². The molecular formula is C19H36N6. The number of likely N-dealkylation sites (tertiary alicyclic amines) is 1. The van der Waals surface area contributed by atoms with Crippen LogP contribution in [0.3, 0.4) is 0 Å². The third-order valence-electron chi connectivity index (χ3n) is 5.06. The average molecular weight is 349 g/mol. The third-order valence-corrected chi connectivity index (χ3v) is 5.06. The summed E-state index contributed by atoms with van der Waals surface area (Å²) >= 11 is 0. The molecule has 0 spiro atoms. The number of nitrogens with zero attached hydrogens (tertiary/aromatic N) is 3. The molecule has 2 heterocycles. The Balaban J connectivity index is 1.70. The van der Waals surface area contributed by atoms with E-state index in [1.807, 2.05) is 6.20 Å². The molecule has 1 aliphatic rings. The van der Waals surface area contributed by atoms with E-state index in [2.05, 4.69) is 46.5 Å². The third kappa shape index (κ3) is 6.69. The van der Waals surface area contributed by atoms with Crippen LogP contribution in [0.4, 0.5) is 0 Å². The van der Waals surface area contributed by atoms with Crippen LogP contribution in [0.25, 0.3) is 0 Å². The molecule has 0 saturated carbocycles. The fourth-order valence-corrected chi connectivity index (χ4v) is 3.56. The van der Waals surface area contributed by atoms with Crippen LogP contribution in [0.1, 0.15) is 57.2 Å². The van der Waals surface area contributed by atoms with Gasteiger partial charge < -0.3 is 10.6 Å². The van der Waals surface area contributed by atoms with Crippen LogP contribution in [-0.4, -0.2) is 59.8 Å². The molecular weight excluding hydrogens is 312 g/mol. The number of rotatable bonds is 9. The Morgan fingerprint density at radius 3 is 2.96 bits per heavy atom. The molecule has 1 atom stereocenters. The second-order valence-electron chi connectivity index (χ2n) is 6.91. The molecule has 1 aliphatic heterocycles. The highest BCUT2D eigenvalue weighted by atomic mass is 15.2. The van der Waals surface area contributed by atoms with E-state index in [0.29, 0.717) is 0 Å². The molecule has 1 fully saturated rings. The summed E-state index contributed by atoms with van der Waals surface area (Å²) in [6.07, 6.45) is 9.35. The summed E-state index contributed by atoms with van der Waals surface area (Å²) in [6.45, 7) is 11.5. The van der Waals surface area contributed by atoms with Crippen molar-refractivity contribution in [2.45, 2.75) is 65.3 Å². The molecule has 25 heavy (non-hydrogen) atoms. The van der Waals surface area contributed by atoms with Crippen LogP contribution in [0.5, 0.6) is 0 Å². The molecule has 6 heteroatoms. The van der Waals surface area contributed by atoms with Gasteiger partial charge in [-0.15, -0.1) is 0 Å². The van der Waals surface area contributed by atoms with Gasteiger partial charge in [0.05, 0.1) is 6.20 Å². The first kappa shape index (κ1) is 19.8. The summed E-state index contributed by atoms with van der Waals surface area (Å²) in [5, 5.41) is 13.9. The van der Waals surface area contributed by atoms with Crippen LogP contribution < -0.4 is 10.6 Å². The number of aliphatic imine (C=N–C) groups is 1. The van der Waals surface area contributed by atoms with Gasteiger partial charge in [0.25, 0.3) is 0 Å². The van der Waals surface area contributed by atoms with Crippen LogP contribution in [0, 0.1) is 6.92 Å². The lowest BCUT2D eigenvalue weighted by molar-refractivity contribution is 0.147. The van der Waals surface area contributed by atoms with Crippen LogP contribution in [-0.2, 0) is 6.42 Å². The van der Waals surface area contributed by atoms with Crippen molar-refractivity contribution in [2.24, 2.45) is 4.99 Å². The lowest BCUT2D eigenvalue weighted by Crippen LogP contribution is -2.46. The van der Waals surface area contributed by atoms with Gasteiger partial charge in [0.2, 0.25) is 0 Å². The number of aromatic nitrogens is 2. The van der Waals surface area contributed by atoms with Crippen molar-refractivity contribution in [3.63, 3.8) is 0 Å². The van der Waals surface area contributed by atoms with Crippen LogP contribution in [0.15, 0.2) is 11.2 Å². The van der Waals surface area contributed by atoms with Crippen molar-refractivity contribution in [3.8, 4) is 0 Å². The zero-order valence-electron chi connectivity index (χ0n) is 16.3. The van der Waals surface area contributed by atoms with E-state index >= 15 is 0 Å². The van der Waals surface area contributed by atoms with Gasteiger partial charge in [0, 0.05) is 37.9 Å². The average Bonchev–Trinajstić information content (AvgIpc) is 3.04. The number of hydrogen-bond donors (Lipinski definition) is 3. The maximum atomic E-state index is 4.71. The van der Waals surface area contributed by atoms with Gasteiger partial charge in [0.1, 0.15) is 0 Å². The molecule has 0 bridgehead atoms. The largest absolute Gasteiger partial charge is 0.357 e. The van der Waals surface area contributed by atoms with Crippen molar-refractivity contribution in [1.29, 1.82) is 0 Å². The number of piperidine rings is 1. The number of aromatic amines is 1. The lowest BCUT2D eigenvalue weighted by Gasteiger charge is -2.35. The summed E-state index contributed by atoms with van der Waals surface area (Å²) in [5.74, 6) is 0.941. The minimum absolute atomic E-state index is 0.772. The van der Waals surface area contributed by atoms with Crippen molar-refractivity contribution >= 4 is 5.96 Å². The molecule has 142 valence electrons. The quantitative estimate of drug-likeness (QED) is 0.364. The predicted molar refractivity (Wildman–Crippen MR) is 105 cm³/mol. The first-order valence-corrected chi connectivity index (χ1v) is 9.99. The number of aryl methyl sites for hydroxylation is 2. The van der Waals surface area contributed by atoms with Gasteiger partial charge in [0.15, 0.2) is 5.96 Å². The van der Waals surface area contributed by atoms with E-state index in [4.69, 9.17) is 4.99 Å². The zero-order chi connectivity index (χ0) is 17.9. The summed E-state index contributed by atoms with van der Waals surface area (Å²) in [5.41, 5.74) is 2.46. The summed E-state index contributed by atoms with van der Waals surface area (Å²) in [6, 6.07) is 0.772. The molecule has 0 aliphatic carbocycles. The standard InChI is InChI=1S/C19H36N6/c1-4-18-10-6-7-13-25(18)14-12-22-19(20-5-2)21-11-8-9-17-15-23-24-16(17)3/h15,18H,4-14H2,1-3H3,(H,23,24)(H2,20,21,22). The van der Waals surface area contributed by atoms with Crippen molar-refractivity contribution in [1.82, 2.24) is 25.7 Å². The van der Waals surface area contributed by atoms with Crippen molar-refractivity contribution in [2.75, 3.05) is 32.7 Å². The molecule has 6 nitrogen and oxygen atoms in total. The summed E-state index contributed by atoms with van der Waals surface area (Å²) in [7, 11) is 0. The second kappa shape index (κ2) is 11.1. The first-order valence-electron chi connectivity index (χ1n) is 9.99. The second-order valence-corrected chi connectivity index (χ2v) is 6.91. The zero-order valence-corrected chi connectivity index (χ0v) is 16.3. The number of nitrogens with one attached hydrogen (secondary N) is 3. The Hall–Kier alpha value is -1.56. The Bertz CT molecular complexity index is 510. The minimum atomic E-state index is 0.772. The van der Waals surface area contributed by atoms with E-state index in [-0.39, 0.29) is 0 Å². The van der Waals surface area contributed by atoms with Crippen LogP contribution >= 0.6 is 0 Å². The van der Waals surface area contributed by atoms with Crippen molar-refractivity contribution < 1.29 is 0 Å². The number of H-pyrrole nitrogens is 1. The highest BCUT2D eigenvalue weighted by Gasteiger charge is 2.19. The smallest absolute Gasteiger partial charge is 0.191 e. The first-order chi connectivity index (χ1) is 12.2. The van der Waals surface area contributed by atoms with Crippen LogP contribution in [0.2, 0.25) is 0 Å². The van der Waals surface area contributed by atoms with Gasteiger partial charge in [-0.3, -0.25) is 15.0 Å². The maximum absolute atomic E-state index is 4.71. The molecule has 1 saturated heterocycles. The van der Waals surface area contributed by atoms with E-state index in [1.165, 1.54) is 43.5 Å². The molecule has 1 aromatic rings. The van der Waals surface area contributed by atoms with Gasteiger partial charge in [-0.05, 0) is 58.1 Å². The van der Waals surface area contributed by atoms with Gasteiger partial charge >= 0.3 is 0 Å². The van der Waals surface area contributed by atoms with E-state index in [9.17, 15) is 0 Å². The Labute approximate surface area is 152 Å². The van der Waals surface area contributed by atoms with E-state index in [1.54, 1.807) is 0 Å². The molecule has 0 aromatic carbocycles. The topological polar surface area (TPSA) is 68.3 Å². The monoisotopic (exact) mass is 348 g/mol. The Morgan fingerprint density at radius 1 is 1.36 bits per heavy atom. The summed E-state index contributed by atoms with van der Waals surface area (Å²) < 4.78 is 0. The lowest BCUT2D eigenvalue weighted by atomic mass is 10.0. The molecule has 1 aromatic heterocycles. The predicted octanol–water partition coefficient (Wildman–Crippen LogP) is 2.47. The van der Waals surface area contributed by atoms with E-state index in [0.717, 1.165) is 51.0 Å². The van der Waals surface area contributed by atoms with Gasteiger partial charge in [-0.1, -0.05) is 13.3 Å². The molecule has 1 unspecified atom stereocenters. The number of hydrogen-bond acceptors (Lipinski definition) is 3. The Morgan fingerprint density at radius 2 is 2.24 bits per heavy atom. The highest BCUT2D eigenvalue weighted by molar-refractivity contribution is 5.79. The molecule has 3 N–H and O–H groups in total. The number of guanidine groups is 1. The van der Waals surface area contributed by atoms with E-state index < -0.39 is 0 Å². The van der Waals surface area contributed by atoms with Crippen molar-refractivity contribution in [3.05, 3.63) is 17.5 Å². The highest BCUT2D eigenvalue weighted by Crippen LogP contribution is 2.18.